The normalized spacial score (nSPS) is 15.4. The van der Waals surface area contributed by atoms with E-state index in [1.54, 1.807) is 0 Å². The summed E-state index contributed by atoms with van der Waals surface area (Å²) < 4.78 is 7.62. The summed E-state index contributed by atoms with van der Waals surface area (Å²) in [5.41, 5.74) is 1.05. The van der Waals surface area contributed by atoms with Crippen molar-refractivity contribution in [3.63, 3.8) is 0 Å². The van der Waals surface area contributed by atoms with E-state index in [0.29, 0.717) is 6.61 Å². The van der Waals surface area contributed by atoms with E-state index in [0.717, 1.165) is 22.5 Å². The van der Waals surface area contributed by atoms with Crippen molar-refractivity contribution in [1.82, 2.24) is 0 Å². The lowest BCUT2D eigenvalue weighted by molar-refractivity contribution is 0.348. The van der Waals surface area contributed by atoms with Gasteiger partial charge in [-0.1, -0.05) is 15.9 Å². The van der Waals surface area contributed by atoms with Crippen LogP contribution in [0.15, 0.2) is 27.7 Å². The van der Waals surface area contributed by atoms with Crippen molar-refractivity contribution >= 4 is 44.4 Å². The molecule has 1 aliphatic rings. The molecule has 2 nitrogen and oxygen atoms in total. The largest absolute Gasteiger partial charge is 0.476 e. The van der Waals surface area contributed by atoms with E-state index >= 15 is 0 Å². The van der Waals surface area contributed by atoms with Crippen LogP contribution in [-0.2, 0) is 4.74 Å². The van der Waals surface area contributed by atoms with Crippen molar-refractivity contribution in [2.75, 3.05) is 13.2 Å². The van der Waals surface area contributed by atoms with Gasteiger partial charge in [0.2, 0.25) is 5.90 Å². The second-order valence-electron chi connectivity index (χ2n) is 2.69. The molecule has 13 heavy (non-hydrogen) atoms. The van der Waals surface area contributed by atoms with Crippen molar-refractivity contribution in [2.24, 2.45) is 4.99 Å². The average Bonchev–Trinajstić information content (AvgIpc) is 2.53. The molecule has 0 fully saturated rings. The van der Waals surface area contributed by atoms with Crippen LogP contribution in [-0.4, -0.2) is 19.0 Å². The van der Waals surface area contributed by atoms with Crippen molar-refractivity contribution in [1.29, 1.82) is 0 Å². The van der Waals surface area contributed by atoms with Gasteiger partial charge in [-0.05, 0) is 40.8 Å². The molecule has 1 aromatic carbocycles. The third-order valence-corrected chi connectivity index (χ3v) is 2.78. The number of halogens is 2. The molecule has 1 aliphatic heterocycles. The molecular formula is C9H7BrINO. The highest BCUT2D eigenvalue weighted by molar-refractivity contribution is 14.1. The molecule has 0 aliphatic carbocycles. The molecule has 0 N–H and O–H groups in total. The minimum absolute atomic E-state index is 0.707. The molecule has 0 spiro atoms. The number of nitrogens with zero attached hydrogens (tertiary/aromatic N) is 1. The van der Waals surface area contributed by atoms with E-state index in [1.807, 2.05) is 6.07 Å². The smallest absolute Gasteiger partial charge is 0.216 e. The van der Waals surface area contributed by atoms with Crippen molar-refractivity contribution in [3.05, 3.63) is 31.8 Å². The number of ether oxygens (including phenoxy) is 1. The second-order valence-corrected chi connectivity index (χ2v) is 4.85. The Kier molecular flexibility index (Phi) is 2.88. The van der Waals surface area contributed by atoms with Gasteiger partial charge < -0.3 is 4.74 Å². The van der Waals surface area contributed by atoms with Crippen LogP contribution in [0, 0.1) is 3.57 Å². The Labute approximate surface area is 98.7 Å². The van der Waals surface area contributed by atoms with Gasteiger partial charge in [-0.2, -0.15) is 0 Å². The molecule has 0 bridgehead atoms. The molecule has 2 rings (SSSR count). The van der Waals surface area contributed by atoms with Crippen LogP contribution in [0.4, 0.5) is 0 Å². The Morgan fingerprint density at radius 2 is 2.23 bits per heavy atom. The van der Waals surface area contributed by atoms with Crippen LogP contribution < -0.4 is 0 Å². The number of hydrogen-bond acceptors (Lipinski definition) is 2. The second kappa shape index (κ2) is 3.96. The van der Waals surface area contributed by atoms with Gasteiger partial charge in [-0.3, -0.25) is 0 Å². The highest BCUT2D eigenvalue weighted by Crippen LogP contribution is 2.19. The lowest BCUT2D eigenvalue weighted by Crippen LogP contribution is -2.01. The van der Waals surface area contributed by atoms with Crippen molar-refractivity contribution in [2.45, 2.75) is 0 Å². The molecule has 1 aromatic rings. The van der Waals surface area contributed by atoms with Crippen LogP contribution in [0.2, 0.25) is 0 Å². The summed E-state index contributed by atoms with van der Waals surface area (Å²) in [5, 5.41) is 0. The van der Waals surface area contributed by atoms with Crippen LogP contribution in [0.3, 0.4) is 0 Å². The predicted octanol–water partition coefficient (Wildman–Crippen LogP) is 2.83. The molecular weight excluding hydrogens is 345 g/mol. The molecule has 0 amide bonds. The Morgan fingerprint density at radius 3 is 2.85 bits per heavy atom. The average molecular weight is 352 g/mol. The Bertz CT molecular complexity index is 344. The summed E-state index contributed by atoms with van der Waals surface area (Å²) in [6, 6.07) is 6.14. The molecule has 0 saturated heterocycles. The maximum absolute atomic E-state index is 5.37. The standard InChI is InChI=1S/C9H7BrINO/c10-7-3-6(4-8(11)5-7)9-12-1-2-13-9/h3-5H,1-2H2. The fourth-order valence-electron chi connectivity index (χ4n) is 1.19. The van der Waals surface area contributed by atoms with Crippen molar-refractivity contribution in [3.8, 4) is 0 Å². The van der Waals surface area contributed by atoms with E-state index in [2.05, 4.69) is 55.6 Å². The van der Waals surface area contributed by atoms with Crippen LogP contribution in [0.1, 0.15) is 5.56 Å². The van der Waals surface area contributed by atoms with Gasteiger partial charge in [0.1, 0.15) is 6.61 Å². The first-order valence-electron chi connectivity index (χ1n) is 3.89. The Morgan fingerprint density at radius 1 is 1.38 bits per heavy atom. The SMILES string of the molecule is Brc1cc(I)cc(C2=NCCO2)c1. The summed E-state index contributed by atoms with van der Waals surface area (Å²) in [4.78, 5) is 4.26. The molecule has 68 valence electrons. The minimum atomic E-state index is 0.707. The quantitative estimate of drug-likeness (QED) is 0.713. The molecule has 0 saturated carbocycles. The summed E-state index contributed by atoms with van der Waals surface area (Å²) in [6.07, 6.45) is 0. The first kappa shape index (κ1) is 9.45. The van der Waals surface area contributed by atoms with Gasteiger partial charge >= 0.3 is 0 Å². The maximum Gasteiger partial charge on any atom is 0.216 e. The van der Waals surface area contributed by atoms with Crippen LogP contribution >= 0.6 is 38.5 Å². The van der Waals surface area contributed by atoms with Crippen molar-refractivity contribution < 1.29 is 4.74 Å². The summed E-state index contributed by atoms with van der Waals surface area (Å²) >= 11 is 5.72. The molecule has 4 heteroatoms. The van der Waals surface area contributed by atoms with Crippen LogP contribution in [0.25, 0.3) is 0 Å². The van der Waals surface area contributed by atoms with E-state index < -0.39 is 0 Å². The zero-order valence-corrected chi connectivity index (χ0v) is 10.5. The number of hydrogen-bond donors (Lipinski definition) is 0. The predicted molar refractivity (Wildman–Crippen MR) is 64.2 cm³/mol. The van der Waals surface area contributed by atoms with Gasteiger partial charge in [0.15, 0.2) is 0 Å². The summed E-state index contributed by atoms with van der Waals surface area (Å²) in [7, 11) is 0. The van der Waals surface area contributed by atoms with Gasteiger partial charge in [-0.25, -0.2) is 4.99 Å². The lowest BCUT2D eigenvalue weighted by Gasteiger charge is -2.02. The Balaban J connectivity index is 2.39. The number of aliphatic imine (C=N–C) groups is 1. The zero-order chi connectivity index (χ0) is 9.26. The summed E-state index contributed by atoms with van der Waals surface area (Å²) in [6.45, 7) is 1.48. The molecule has 0 radical (unpaired) electrons. The Hall–Kier alpha value is -0.100. The van der Waals surface area contributed by atoms with Crippen LogP contribution in [0.5, 0.6) is 0 Å². The highest BCUT2D eigenvalue weighted by atomic mass is 127. The lowest BCUT2D eigenvalue weighted by atomic mass is 10.2. The van der Waals surface area contributed by atoms with Gasteiger partial charge in [0.05, 0.1) is 6.54 Å². The van der Waals surface area contributed by atoms with E-state index in [4.69, 9.17) is 4.74 Å². The summed E-state index contributed by atoms with van der Waals surface area (Å²) in [5.74, 6) is 0.763. The highest BCUT2D eigenvalue weighted by Gasteiger charge is 2.10. The molecule has 0 aromatic heterocycles. The molecule has 0 unspecified atom stereocenters. The first-order valence-corrected chi connectivity index (χ1v) is 5.76. The monoisotopic (exact) mass is 351 g/mol. The number of benzene rings is 1. The minimum Gasteiger partial charge on any atom is -0.476 e. The van der Waals surface area contributed by atoms with Gasteiger partial charge in [-0.15, -0.1) is 0 Å². The fraction of sp³-hybridized carbons (Fsp3) is 0.222. The number of rotatable bonds is 1. The maximum atomic E-state index is 5.37. The first-order chi connectivity index (χ1) is 6.25. The topological polar surface area (TPSA) is 21.6 Å². The fourth-order valence-corrected chi connectivity index (χ4v) is 2.78. The molecule has 1 heterocycles. The zero-order valence-electron chi connectivity index (χ0n) is 6.76. The van der Waals surface area contributed by atoms with Gasteiger partial charge in [0.25, 0.3) is 0 Å². The van der Waals surface area contributed by atoms with E-state index in [9.17, 15) is 0 Å². The van der Waals surface area contributed by atoms with E-state index in [-0.39, 0.29) is 0 Å². The van der Waals surface area contributed by atoms with E-state index in [1.165, 1.54) is 3.57 Å². The third kappa shape index (κ3) is 2.22. The molecule has 0 atom stereocenters. The van der Waals surface area contributed by atoms with Gasteiger partial charge in [0, 0.05) is 13.6 Å². The third-order valence-electron chi connectivity index (χ3n) is 1.69.